The summed E-state index contributed by atoms with van der Waals surface area (Å²) >= 11 is 6.29. The van der Waals surface area contributed by atoms with Crippen LogP contribution in [0.25, 0.3) is 11.1 Å². The first-order valence-corrected chi connectivity index (χ1v) is 8.80. The third-order valence-electron chi connectivity index (χ3n) is 3.77. The molecule has 1 heterocycles. The van der Waals surface area contributed by atoms with Gasteiger partial charge in [0.2, 0.25) is 0 Å². The molecule has 4 nitrogen and oxygen atoms in total. The van der Waals surface area contributed by atoms with E-state index in [9.17, 15) is 13.2 Å². The molecule has 0 aliphatic rings. The minimum atomic E-state index is -4.55. The fourth-order valence-electron chi connectivity index (χ4n) is 2.72. The molecular weight excluding hydrogens is 367 g/mol. The largest absolute Gasteiger partial charge is 0.490 e. The molecule has 1 aromatic carbocycles. The first-order chi connectivity index (χ1) is 12.1. The summed E-state index contributed by atoms with van der Waals surface area (Å²) in [5.74, 6) is -0.269. The number of ether oxygens (including phenoxy) is 1. The van der Waals surface area contributed by atoms with E-state index in [1.54, 1.807) is 20.0 Å². The fourth-order valence-corrected chi connectivity index (χ4v) is 2.98. The number of hydrogen-bond donors (Lipinski definition) is 1. The first kappa shape index (κ1) is 20.6. The molecule has 0 radical (unpaired) electrons. The maximum atomic E-state index is 13.5. The third kappa shape index (κ3) is 4.92. The summed E-state index contributed by atoms with van der Waals surface area (Å²) in [5.41, 5.74) is 0.636. The monoisotopic (exact) mass is 389 g/mol. The Morgan fingerprint density at radius 2 is 1.96 bits per heavy atom. The van der Waals surface area contributed by atoms with E-state index in [1.807, 2.05) is 7.05 Å². The van der Waals surface area contributed by atoms with E-state index in [-0.39, 0.29) is 16.3 Å². The van der Waals surface area contributed by atoms with Crippen molar-refractivity contribution in [1.82, 2.24) is 15.1 Å². The molecular formula is C18H23ClF3N3O. The molecule has 0 bridgehead atoms. The molecule has 0 unspecified atom stereocenters. The minimum Gasteiger partial charge on any atom is -0.490 e. The summed E-state index contributed by atoms with van der Waals surface area (Å²) in [6.07, 6.45) is -2.41. The molecule has 2 rings (SSSR count). The molecule has 0 atom stereocenters. The molecule has 2 aromatic rings. The van der Waals surface area contributed by atoms with E-state index in [2.05, 4.69) is 22.0 Å². The van der Waals surface area contributed by atoms with Crippen LogP contribution in [0.15, 0.2) is 18.3 Å². The lowest BCUT2D eigenvalue weighted by Gasteiger charge is -2.19. The molecule has 8 heteroatoms. The Hall–Kier alpha value is -1.73. The van der Waals surface area contributed by atoms with Crippen LogP contribution in [0.3, 0.4) is 0 Å². The van der Waals surface area contributed by atoms with Crippen LogP contribution in [0.2, 0.25) is 5.02 Å². The van der Waals surface area contributed by atoms with Gasteiger partial charge in [0, 0.05) is 29.9 Å². The van der Waals surface area contributed by atoms with Crippen LogP contribution in [0.4, 0.5) is 13.2 Å². The molecule has 0 aliphatic heterocycles. The van der Waals surface area contributed by atoms with Crippen molar-refractivity contribution in [3.63, 3.8) is 0 Å². The second-order valence-electron chi connectivity index (χ2n) is 6.48. The van der Waals surface area contributed by atoms with Crippen LogP contribution in [0, 0.1) is 0 Å². The molecule has 1 N–H and O–H groups in total. The second kappa shape index (κ2) is 8.31. The zero-order valence-corrected chi connectivity index (χ0v) is 16.0. The van der Waals surface area contributed by atoms with Crippen molar-refractivity contribution in [2.45, 2.75) is 46.0 Å². The quantitative estimate of drug-likeness (QED) is 0.691. The fraction of sp³-hybridized carbons (Fsp3) is 0.500. The number of nitrogens with one attached hydrogen (secondary N) is 1. The van der Waals surface area contributed by atoms with Crippen LogP contribution in [0.5, 0.6) is 5.75 Å². The maximum Gasteiger partial charge on any atom is 0.419 e. The summed E-state index contributed by atoms with van der Waals surface area (Å²) in [7, 11) is 1.93. The number of aromatic nitrogens is 2. The normalized spacial score (nSPS) is 12.2. The Bertz CT molecular complexity index is 744. The van der Waals surface area contributed by atoms with Crippen molar-refractivity contribution in [3.8, 4) is 16.9 Å². The van der Waals surface area contributed by atoms with Gasteiger partial charge >= 0.3 is 6.18 Å². The van der Waals surface area contributed by atoms with Gasteiger partial charge in [-0.05, 0) is 39.9 Å². The van der Waals surface area contributed by atoms with Crippen molar-refractivity contribution in [2.24, 2.45) is 0 Å². The number of halogens is 4. The minimum absolute atomic E-state index is 0.189. The first-order valence-electron chi connectivity index (χ1n) is 8.42. The Kier molecular flexibility index (Phi) is 6.58. The summed E-state index contributed by atoms with van der Waals surface area (Å²) in [4.78, 5) is 2.05. The summed E-state index contributed by atoms with van der Waals surface area (Å²) in [6, 6.07) is 2.26. The lowest BCUT2D eigenvalue weighted by Crippen LogP contribution is -2.19. The Morgan fingerprint density at radius 1 is 1.27 bits per heavy atom. The molecule has 0 saturated heterocycles. The van der Waals surface area contributed by atoms with Gasteiger partial charge in [0.05, 0.1) is 22.4 Å². The van der Waals surface area contributed by atoms with Gasteiger partial charge in [-0.25, -0.2) is 0 Å². The number of benzene rings is 1. The van der Waals surface area contributed by atoms with Gasteiger partial charge in [0.15, 0.2) is 0 Å². The maximum absolute atomic E-state index is 13.5. The van der Waals surface area contributed by atoms with Crippen molar-refractivity contribution in [3.05, 3.63) is 34.6 Å². The molecule has 0 aliphatic carbocycles. The van der Waals surface area contributed by atoms with E-state index in [0.29, 0.717) is 17.8 Å². The molecule has 0 fully saturated rings. The SMILES string of the molecule is CCCN(C)Cc1n[nH]cc1-c1cc(C(F)(F)F)c(OC(C)C)cc1Cl. The van der Waals surface area contributed by atoms with Gasteiger partial charge in [-0.15, -0.1) is 0 Å². The number of alkyl halides is 3. The predicted octanol–water partition coefficient (Wildman–Crippen LogP) is 5.38. The van der Waals surface area contributed by atoms with Crippen LogP contribution in [0.1, 0.15) is 38.4 Å². The third-order valence-corrected chi connectivity index (χ3v) is 4.08. The lowest BCUT2D eigenvalue weighted by molar-refractivity contribution is -0.139. The standard InChI is InChI=1S/C18H23ClF3N3O/c1-5-6-25(4)10-16-13(9-23-24-16)12-7-14(18(20,21)22)17(8-15(12)19)26-11(2)3/h7-9,11H,5-6,10H2,1-4H3,(H,23,24). The van der Waals surface area contributed by atoms with Crippen LogP contribution < -0.4 is 4.74 Å². The van der Waals surface area contributed by atoms with E-state index in [0.717, 1.165) is 19.0 Å². The Morgan fingerprint density at radius 3 is 2.54 bits per heavy atom. The second-order valence-corrected chi connectivity index (χ2v) is 6.88. The molecule has 26 heavy (non-hydrogen) atoms. The number of aromatic amines is 1. The van der Waals surface area contributed by atoms with Crippen LogP contribution in [-0.4, -0.2) is 34.8 Å². The van der Waals surface area contributed by atoms with Crippen molar-refractivity contribution in [1.29, 1.82) is 0 Å². The lowest BCUT2D eigenvalue weighted by atomic mass is 10.0. The highest BCUT2D eigenvalue weighted by Crippen LogP contribution is 2.43. The van der Waals surface area contributed by atoms with Gasteiger partial charge in [0.25, 0.3) is 0 Å². The van der Waals surface area contributed by atoms with E-state index >= 15 is 0 Å². The van der Waals surface area contributed by atoms with Gasteiger partial charge < -0.3 is 9.64 Å². The van der Waals surface area contributed by atoms with Crippen molar-refractivity contribution in [2.75, 3.05) is 13.6 Å². The van der Waals surface area contributed by atoms with Crippen LogP contribution in [-0.2, 0) is 12.7 Å². The van der Waals surface area contributed by atoms with Crippen molar-refractivity contribution < 1.29 is 17.9 Å². The van der Waals surface area contributed by atoms with Crippen LogP contribution >= 0.6 is 11.6 Å². The smallest absolute Gasteiger partial charge is 0.419 e. The highest BCUT2D eigenvalue weighted by atomic mass is 35.5. The van der Waals surface area contributed by atoms with Gasteiger partial charge in [-0.2, -0.15) is 18.3 Å². The summed E-state index contributed by atoms with van der Waals surface area (Å²) in [5, 5.41) is 7.10. The number of H-pyrrole nitrogens is 1. The highest BCUT2D eigenvalue weighted by molar-refractivity contribution is 6.33. The number of rotatable bonds is 7. The number of nitrogens with zero attached hydrogens (tertiary/aromatic N) is 2. The average molecular weight is 390 g/mol. The van der Waals surface area contributed by atoms with Crippen molar-refractivity contribution >= 4 is 11.6 Å². The Balaban J connectivity index is 2.50. The highest BCUT2D eigenvalue weighted by Gasteiger charge is 2.36. The van der Waals surface area contributed by atoms with Gasteiger partial charge in [-0.3, -0.25) is 5.10 Å². The van der Waals surface area contributed by atoms with E-state index in [1.165, 1.54) is 6.07 Å². The van der Waals surface area contributed by atoms with Gasteiger partial charge in [0.1, 0.15) is 5.75 Å². The zero-order valence-electron chi connectivity index (χ0n) is 15.2. The number of hydrogen-bond acceptors (Lipinski definition) is 3. The Labute approximate surface area is 156 Å². The topological polar surface area (TPSA) is 41.2 Å². The molecule has 144 valence electrons. The molecule has 0 saturated carbocycles. The molecule has 1 aromatic heterocycles. The van der Waals surface area contributed by atoms with Gasteiger partial charge in [-0.1, -0.05) is 18.5 Å². The van der Waals surface area contributed by atoms with E-state index in [4.69, 9.17) is 16.3 Å². The average Bonchev–Trinajstić information content (AvgIpc) is 2.93. The molecule has 0 amide bonds. The zero-order chi connectivity index (χ0) is 19.5. The predicted molar refractivity (Wildman–Crippen MR) is 96.4 cm³/mol. The summed E-state index contributed by atoms with van der Waals surface area (Å²) in [6.45, 7) is 6.75. The summed E-state index contributed by atoms with van der Waals surface area (Å²) < 4.78 is 45.8. The van der Waals surface area contributed by atoms with E-state index < -0.39 is 17.8 Å². The molecule has 0 spiro atoms.